The Balaban J connectivity index is 1.62. The Morgan fingerprint density at radius 1 is 1.11 bits per heavy atom. The van der Waals surface area contributed by atoms with E-state index in [4.69, 9.17) is 4.52 Å². The predicted molar refractivity (Wildman–Crippen MR) is 101 cm³/mol. The fourth-order valence-corrected chi connectivity index (χ4v) is 5.35. The Morgan fingerprint density at radius 3 is 2.68 bits per heavy atom. The first kappa shape index (κ1) is 18.8. The van der Waals surface area contributed by atoms with Crippen LogP contribution in [0.5, 0.6) is 0 Å². The number of sulfonamides is 1. The van der Waals surface area contributed by atoms with Crippen LogP contribution in [-0.2, 0) is 10.0 Å². The highest BCUT2D eigenvalue weighted by molar-refractivity contribution is 7.89. The number of rotatable bonds is 3. The average molecular weight is 405 g/mol. The van der Waals surface area contributed by atoms with E-state index >= 15 is 0 Å². The molecule has 10 heteroatoms. The summed E-state index contributed by atoms with van der Waals surface area (Å²) >= 11 is 0. The molecule has 4 rings (SSSR count). The van der Waals surface area contributed by atoms with Crippen molar-refractivity contribution in [2.75, 3.05) is 31.1 Å². The van der Waals surface area contributed by atoms with Gasteiger partial charge in [0.1, 0.15) is 28.6 Å². The molecule has 0 saturated carbocycles. The summed E-state index contributed by atoms with van der Waals surface area (Å²) in [7, 11) is -3.70. The Labute approximate surface area is 162 Å². The van der Waals surface area contributed by atoms with Crippen molar-refractivity contribution in [2.45, 2.75) is 25.2 Å². The number of aryl methyl sites for hydroxylation is 2. The van der Waals surface area contributed by atoms with Crippen LogP contribution >= 0.6 is 0 Å². The number of benzene rings is 1. The van der Waals surface area contributed by atoms with Crippen LogP contribution in [0.2, 0.25) is 0 Å². The summed E-state index contributed by atoms with van der Waals surface area (Å²) in [6.45, 7) is 4.92. The molecule has 1 saturated heterocycles. The summed E-state index contributed by atoms with van der Waals surface area (Å²) in [5, 5.41) is 4.38. The second-order valence-electron chi connectivity index (χ2n) is 6.76. The van der Waals surface area contributed by atoms with Crippen molar-refractivity contribution in [3.8, 4) is 0 Å². The molecule has 148 valence electrons. The van der Waals surface area contributed by atoms with Crippen molar-refractivity contribution >= 4 is 26.7 Å². The molecule has 0 spiro atoms. The average Bonchev–Trinajstić information content (AvgIpc) is 2.86. The summed E-state index contributed by atoms with van der Waals surface area (Å²) in [6.07, 6.45) is 2.06. The highest BCUT2D eigenvalue weighted by Crippen LogP contribution is 2.27. The Kier molecular flexibility index (Phi) is 4.76. The van der Waals surface area contributed by atoms with E-state index in [9.17, 15) is 12.8 Å². The first-order chi connectivity index (χ1) is 13.4. The number of aromatic nitrogens is 3. The van der Waals surface area contributed by atoms with Crippen molar-refractivity contribution in [1.29, 1.82) is 0 Å². The molecule has 0 radical (unpaired) electrons. The molecular formula is C18H20FN5O3S. The molecule has 3 heterocycles. The van der Waals surface area contributed by atoms with E-state index < -0.39 is 10.0 Å². The summed E-state index contributed by atoms with van der Waals surface area (Å²) < 4.78 is 46.4. The monoisotopic (exact) mass is 405 g/mol. The van der Waals surface area contributed by atoms with Gasteiger partial charge < -0.3 is 9.42 Å². The van der Waals surface area contributed by atoms with E-state index in [0.717, 1.165) is 0 Å². The fourth-order valence-electron chi connectivity index (χ4n) is 3.59. The molecule has 2 aromatic heterocycles. The Hall–Kier alpha value is -2.59. The maximum Gasteiger partial charge on any atom is 0.248 e. The van der Waals surface area contributed by atoms with Gasteiger partial charge in [0.25, 0.3) is 0 Å². The van der Waals surface area contributed by atoms with Crippen LogP contribution in [0, 0.1) is 19.7 Å². The normalized spacial score (nSPS) is 16.5. The number of hydrogen-bond donors (Lipinski definition) is 0. The van der Waals surface area contributed by atoms with Gasteiger partial charge in [0, 0.05) is 31.6 Å². The van der Waals surface area contributed by atoms with E-state index in [0.29, 0.717) is 48.5 Å². The zero-order valence-electron chi connectivity index (χ0n) is 15.6. The predicted octanol–water partition coefficient (Wildman–Crippen LogP) is 2.27. The number of nitrogens with zero attached hydrogens (tertiary/aromatic N) is 5. The summed E-state index contributed by atoms with van der Waals surface area (Å²) in [4.78, 5) is 10.6. The minimum atomic E-state index is -3.70. The third kappa shape index (κ3) is 3.22. The SMILES string of the molecule is Cc1noc(C)c1S(=O)(=O)N1CCCN(c2ncnc3ccc(F)cc23)CC1. The highest BCUT2D eigenvalue weighted by Gasteiger charge is 2.32. The van der Waals surface area contributed by atoms with Gasteiger partial charge in [0.05, 0.1) is 5.52 Å². The summed E-state index contributed by atoms with van der Waals surface area (Å²) in [5.41, 5.74) is 1.01. The molecule has 1 aromatic carbocycles. The Bertz CT molecular complexity index is 1110. The van der Waals surface area contributed by atoms with E-state index in [1.165, 1.54) is 22.8 Å². The zero-order valence-corrected chi connectivity index (χ0v) is 16.4. The minimum absolute atomic E-state index is 0.135. The molecular weight excluding hydrogens is 385 g/mol. The standard InChI is InChI=1S/C18H20FN5O3S/c1-12-17(13(2)27-22-12)28(25,26)24-7-3-6-23(8-9-24)18-15-10-14(19)4-5-16(15)20-11-21-18/h4-5,10-11H,3,6-9H2,1-2H3. The second-order valence-corrected chi connectivity index (χ2v) is 8.63. The maximum absolute atomic E-state index is 13.7. The lowest BCUT2D eigenvalue weighted by Crippen LogP contribution is -2.35. The van der Waals surface area contributed by atoms with E-state index in [-0.39, 0.29) is 23.0 Å². The van der Waals surface area contributed by atoms with Gasteiger partial charge >= 0.3 is 0 Å². The number of fused-ring (bicyclic) bond motifs is 1. The van der Waals surface area contributed by atoms with Gasteiger partial charge in [-0.2, -0.15) is 4.31 Å². The lowest BCUT2D eigenvalue weighted by Gasteiger charge is -2.23. The number of hydrogen-bond acceptors (Lipinski definition) is 7. The van der Waals surface area contributed by atoms with Crippen molar-refractivity contribution < 1.29 is 17.3 Å². The molecule has 1 aliphatic heterocycles. The topological polar surface area (TPSA) is 92.4 Å². The first-order valence-corrected chi connectivity index (χ1v) is 10.4. The van der Waals surface area contributed by atoms with Gasteiger partial charge in [-0.15, -0.1) is 0 Å². The van der Waals surface area contributed by atoms with Crippen LogP contribution in [0.4, 0.5) is 10.2 Å². The lowest BCUT2D eigenvalue weighted by molar-refractivity contribution is 0.389. The number of halogens is 1. The van der Waals surface area contributed by atoms with Crippen molar-refractivity contribution in [3.63, 3.8) is 0 Å². The van der Waals surface area contributed by atoms with Gasteiger partial charge in [0.15, 0.2) is 5.76 Å². The van der Waals surface area contributed by atoms with E-state index in [1.54, 1.807) is 19.9 Å². The van der Waals surface area contributed by atoms with Gasteiger partial charge in [-0.25, -0.2) is 22.8 Å². The second kappa shape index (κ2) is 7.10. The van der Waals surface area contributed by atoms with Crippen LogP contribution in [0.25, 0.3) is 10.9 Å². The van der Waals surface area contributed by atoms with Crippen LogP contribution < -0.4 is 4.90 Å². The van der Waals surface area contributed by atoms with Gasteiger partial charge in [-0.1, -0.05) is 5.16 Å². The van der Waals surface area contributed by atoms with Gasteiger partial charge in [-0.3, -0.25) is 0 Å². The molecule has 28 heavy (non-hydrogen) atoms. The number of anilines is 1. The molecule has 8 nitrogen and oxygen atoms in total. The summed E-state index contributed by atoms with van der Waals surface area (Å²) in [5.74, 6) is 0.540. The van der Waals surface area contributed by atoms with Gasteiger partial charge in [-0.05, 0) is 38.5 Å². The van der Waals surface area contributed by atoms with Gasteiger partial charge in [0.2, 0.25) is 10.0 Å². The van der Waals surface area contributed by atoms with Crippen LogP contribution in [0.3, 0.4) is 0 Å². The highest BCUT2D eigenvalue weighted by atomic mass is 32.2. The molecule has 3 aromatic rings. The molecule has 1 aliphatic rings. The molecule has 1 fully saturated rings. The Morgan fingerprint density at radius 2 is 1.93 bits per heavy atom. The smallest absolute Gasteiger partial charge is 0.248 e. The van der Waals surface area contributed by atoms with Crippen molar-refractivity contribution in [1.82, 2.24) is 19.4 Å². The largest absolute Gasteiger partial charge is 0.360 e. The van der Waals surface area contributed by atoms with Crippen molar-refractivity contribution in [3.05, 3.63) is 41.8 Å². The first-order valence-electron chi connectivity index (χ1n) is 8.96. The molecule has 0 amide bonds. The van der Waals surface area contributed by atoms with Crippen LogP contribution in [0.1, 0.15) is 17.9 Å². The maximum atomic E-state index is 13.7. The molecule has 0 unspecified atom stereocenters. The summed E-state index contributed by atoms with van der Waals surface area (Å²) in [6, 6.07) is 4.38. The molecule has 0 bridgehead atoms. The molecule has 0 atom stereocenters. The van der Waals surface area contributed by atoms with Crippen molar-refractivity contribution in [2.24, 2.45) is 0 Å². The zero-order chi connectivity index (χ0) is 19.9. The fraction of sp³-hybridized carbons (Fsp3) is 0.389. The van der Waals surface area contributed by atoms with E-state index in [2.05, 4.69) is 15.1 Å². The third-order valence-corrected chi connectivity index (χ3v) is 7.04. The van der Waals surface area contributed by atoms with Crippen LogP contribution in [0.15, 0.2) is 33.9 Å². The quantitative estimate of drug-likeness (QED) is 0.660. The third-order valence-electron chi connectivity index (χ3n) is 4.90. The van der Waals surface area contributed by atoms with Crippen LogP contribution in [-0.4, -0.2) is 54.0 Å². The molecule has 0 aliphatic carbocycles. The molecule has 0 N–H and O–H groups in total. The van der Waals surface area contributed by atoms with E-state index in [1.807, 2.05) is 4.90 Å². The lowest BCUT2D eigenvalue weighted by atomic mass is 10.2. The minimum Gasteiger partial charge on any atom is -0.360 e.